The zero-order valence-electron chi connectivity index (χ0n) is 18.9. The molecule has 0 radical (unpaired) electrons. The largest absolute Gasteiger partial charge is 0.489 e. The number of H-pyrrole nitrogens is 1. The molecule has 0 unspecified atom stereocenters. The third-order valence-electron chi connectivity index (χ3n) is 5.63. The van der Waals surface area contributed by atoms with Crippen LogP contribution in [0, 0.1) is 6.92 Å². The highest BCUT2D eigenvalue weighted by molar-refractivity contribution is 6.32. The summed E-state index contributed by atoms with van der Waals surface area (Å²) in [6.45, 7) is 8.46. The van der Waals surface area contributed by atoms with Crippen LogP contribution in [0.5, 0.6) is 5.75 Å². The summed E-state index contributed by atoms with van der Waals surface area (Å²) in [5, 5.41) is 13.7. The smallest absolute Gasteiger partial charge is 0.229 e. The molecule has 0 atom stereocenters. The molecular weight excluding hydrogens is 426 g/mol. The van der Waals surface area contributed by atoms with Gasteiger partial charge >= 0.3 is 0 Å². The molecule has 32 heavy (non-hydrogen) atoms. The Hall–Kier alpha value is -2.84. The fraction of sp³-hybridized carbons (Fsp3) is 0.435. The molecule has 0 amide bonds. The molecule has 3 N–H and O–H groups in total. The maximum atomic E-state index is 6.28. The number of benzene rings is 1. The second kappa shape index (κ2) is 9.75. The number of halogens is 1. The summed E-state index contributed by atoms with van der Waals surface area (Å²) in [6, 6.07) is 6.11. The summed E-state index contributed by atoms with van der Waals surface area (Å²) >= 11 is 6.28. The summed E-state index contributed by atoms with van der Waals surface area (Å²) in [7, 11) is 2.19. The van der Waals surface area contributed by atoms with Crippen LogP contribution in [-0.2, 0) is 0 Å². The van der Waals surface area contributed by atoms with Crippen LogP contribution in [0.2, 0.25) is 5.02 Å². The Balaban J connectivity index is 1.62. The first-order chi connectivity index (χ1) is 15.4. The van der Waals surface area contributed by atoms with E-state index in [0.29, 0.717) is 28.5 Å². The number of aromatic nitrogens is 4. The van der Waals surface area contributed by atoms with E-state index >= 15 is 0 Å². The highest BCUT2D eigenvalue weighted by Crippen LogP contribution is 2.38. The molecule has 0 spiro atoms. The molecule has 1 aliphatic heterocycles. The number of rotatable bonds is 7. The molecule has 1 fully saturated rings. The minimum Gasteiger partial charge on any atom is -0.489 e. The van der Waals surface area contributed by atoms with Gasteiger partial charge in [0.1, 0.15) is 10.8 Å². The second-order valence-corrected chi connectivity index (χ2v) is 8.96. The molecule has 1 aliphatic rings. The van der Waals surface area contributed by atoms with Crippen LogP contribution >= 0.6 is 11.6 Å². The van der Waals surface area contributed by atoms with Crippen LogP contribution in [0.3, 0.4) is 0 Å². The molecule has 170 valence electrons. The monoisotopic (exact) mass is 455 g/mol. The van der Waals surface area contributed by atoms with E-state index in [4.69, 9.17) is 16.3 Å². The lowest BCUT2D eigenvalue weighted by molar-refractivity contribution is 0.241. The lowest BCUT2D eigenvalue weighted by Crippen LogP contribution is -2.29. The number of likely N-dealkylation sites (tertiary alicyclic amines) is 1. The Kier molecular flexibility index (Phi) is 6.81. The maximum absolute atomic E-state index is 6.28. The maximum Gasteiger partial charge on any atom is 0.229 e. The van der Waals surface area contributed by atoms with E-state index in [1.807, 2.05) is 13.8 Å². The van der Waals surface area contributed by atoms with Gasteiger partial charge in [0.2, 0.25) is 5.95 Å². The Bertz CT molecular complexity index is 1050. The number of piperidine rings is 1. The van der Waals surface area contributed by atoms with Crippen LogP contribution in [0.4, 0.5) is 23.3 Å². The van der Waals surface area contributed by atoms with Crippen molar-refractivity contribution in [2.24, 2.45) is 0 Å². The highest BCUT2D eigenvalue weighted by atomic mass is 35.5. The normalized spacial score (nSPS) is 15.2. The third-order valence-corrected chi connectivity index (χ3v) is 5.90. The number of aryl methyl sites for hydroxylation is 1. The minimum atomic E-state index is 0.0478. The number of anilines is 4. The molecule has 9 heteroatoms. The third kappa shape index (κ3) is 5.31. The number of nitrogens with zero attached hydrogens (tertiary/aromatic N) is 4. The SMILES string of the molecule is Cc1cc(Nc2ncc(Cl)c(Nc3cc[nH]n3)n2)c(OC(C)C)cc1C1CCN(C)CC1. The van der Waals surface area contributed by atoms with Gasteiger partial charge in [-0.2, -0.15) is 10.1 Å². The number of ether oxygens (including phenoxy) is 1. The molecule has 0 bridgehead atoms. The molecule has 2 aromatic heterocycles. The Morgan fingerprint density at radius 1 is 1.22 bits per heavy atom. The lowest BCUT2D eigenvalue weighted by atomic mass is 9.86. The van der Waals surface area contributed by atoms with Gasteiger partial charge in [0, 0.05) is 12.3 Å². The van der Waals surface area contributed by atoms with Crippen molar-refractivity contribution in [2.75, 3.05) is 30.8 Å². The van der Waals surface area contributed by atoms with Crippen LogP contribution in [-0.4, -0.2) is 51.3 Å². The molecule has 4 rings (SSSR count). The van der Waals surface area contributed by atoms with Crippen LogP contribution in [0.25, 0.3) is 0 Å². The van der Waals surface area contributed by atoms with E-state index in [1.165, 1.54) is 11.1 Å². The van der Waals surface area contributed by atoms with E-state index in [-0.39, 0.29) is 6.10 Å². The lowest BCUT2D eigenvalue weighted by Gasteiger charge is -2.30. The van der Waals surface area contributed by atoms with Gasteiger partial charge < -0.3 is 20.3 Å². The molecule has 0 aliphatic carbocycles. The van der Waals surface area contributed by atoms with E-state index in [0.717, 1.165) is 37.4 Å². The summed E-state index contributed by atoms with van der Waals surface area (Å²) < 4.78 is 6.18. The summed E-state index contributed by atoms with van der Waals surface area (Å²) in [5.74, 6) is 2.87. The van der Waals surface area contributed by atoms with Gasteiger partial charge in [-0.15, -0.1) is 0 Å². The Morgan fingerprint density at radius 3 is 2.69 bits per heavy atom. The van der Waals surface area contributed by atoms with Crippen molar-refractivity contribution in [3.05, 3.63) is 46.7 Å². The van der Waals surface area contributed by atoms with Crippen molar-refractivity contribution >= 4 is 34.9 Å². The number of aromatic amines is 1. The first kappa shape index (κ1) is 22.4. The number of hydrogen-bond acceptors (Lipinski definition) is 7. The van der Waals surface area contributed by atoms with Crippen molar-refractivity contribution in [2.45, 2.75) is 45.6 Å². The predicted molar refractivity (Wildman–Crippen MR) is 129 cm³/mol. The van der Waals surface area contributed by atoms with E-state index in [2.05, 4.69) is 61.8 Å². The van der Waals surface area contributed by atoms with Crippen molar-refractivity contribution < 1.29 is 4.74 Å². The molecule has 1 saturated heterocycles. The van der Waals surface area contributed by atoms with Gasteiger partial charge in [-0.1, -0.05) is 11.6 Å². The van der Waals surface area contributed by atoms with Crippen LogP contribution in [0.1, 0.15) is 43.7 Å². The van der Waals surface area contributed by atoms with Crippen molar-refractivity contribution in [1.29, 1.82) is 0 Å². The van der Waals surface area contributed by atoms with E-state index in [1.54, 1.807) is 18.5 Å². The second-order valence-electron chi connectivity index (χ2n) is 8.55. The van der Waals surface area contributed by atoms with Gasteiger partial charge in [-0.3, -0.25) is 5.10 Å². The molecule has 1 aromatic carbocycles. The van der Waals surface area contributed by atoms with Gasteiger partial charge in [0.25, 0.3) is 0 Å². The molecule has 3 aromatic rings. The van der Waals surface area contributed by atoms with Gasteiger partial charge in [0.15, 0.2) is 11.6 Å². The summed E-state index contributed by atoms with van der Waals surface area (Å²) in [6.07, 6.45) is 5.66. The topological polar surface area (TPSA) is 91.0 Å². The Morgan fingerprint density at radius 2 is 2.00 bits per heavy atom. The molecule has 0 saturated carbocycles. The average Bonchev–Trinajstić information content (AvgIpc) is 3.26. The quantitative estimate of drug-likeness (QED) is 0.448. The first-order valence-electron chi connectivity index (χ1n) is 10.9. The average molecular weight is 456 g/mol. The van der Waals surface area contributed by atoms with Gasteiger partial charge in [0.05, 0.1) is 18.0 Å². The van der Waals surface area contributed by atoms with Crippen LogP contribution < -0.4 is 15.4 Å². The fourth-order valence-corrected chi connectivity index (χ4v) is 4.14. The van der Waals surface area contributed by atoms with Gasteiger partial charge in [-0.25, -0.2) is 4.98 Å². The number of hydrogen-bond donors (Lipinski definition) is 3. The molecule has 3 heterocycles. The summed E-state index contributed by atoms with van der Waals surface area (Å²) in [5.41, 5.74) is 3.43. The minimum absolute atomic E-state index is 0.0478. The standard InChI is InChI=1S/C23H30ClN7O/c1-14(2)32-20-12-17(16-6-9-31(4)10-7-16)15(3)11-19(20)27-23-25-13-18(24)22(29-23)28-21-5-8-26-30-21/h5,8,11-14,16H,6-7,9-10H2,1-4H3,(H3,25,26,27,28,29,30). The van der Waals surface area contributed by atoms with E-state index in [9.17, 15) is 0 Å². The fourth-order valence-electron chi connectivity index (χ4n) is 4.00. The van der Waals surface area contributed by atoms with Crippen molar-refractivity contribution in [3.8, 4) is 5.75 Å². The van der Waals surface area contributed by atoms with Crippen molar-refractivity contribution in [3.63, 3.8) is 0 Å². The highest BCUT2D eigenvalue weighted by Gasteiger charge is 2.22. The van der Waals surface area contributed by atoms with Gasteiger partial charge in [-0.05, 0) is 82.9 Å². The van der Waals surface area contributed by atoms with Crippen molar-refractivity contribution in [1.82, 2.24) is 25.1 Å². The summed E-state index contributed by atoms with van der Waals surface area (Å²) in [4.78, 5) is 11.3. The Labute approximate surface area is 193 Å². The zero-order chi connectivity index (χ0) is 22.7. The molecular formula is C23H30ClN7O. The van der Waals surface area contributed by atoms with Crippen LogP contribution in [0.15, 0.2) is 30.6 Å². The van der Waals surface area contributed by atoms with E-state index < -0.39 is 0 Å². The zero-order valence-corrected chi connectivity index (χ0v) is 19.7. The number of nitrogens with one attached hydrogen (secondary N) is 3. The molecule has 8 nitrogen and oxygen atoms in total. The first-order valence-corrected chi connectivity index (χ1v) is 11.3. The predicted octanol–water partition coefficient (Wildman–Crippen LogP) is 5.25.